The number of nitrogens with one attached hydrogen (secondary N) is 1. The average molecular weight is 198 g/mol. The van der Waals surface area contributed by atoms with Crippen molar-refractivity contribution in [2.75, 3.05) is 13.7 Å². The molecule has 1 unspecified atom stereocenters. The molecule has 1 aromatic rings. The molecule has 0 radical (unpaired) electrons. The van der Waals surface area contributed by atoms with Gasteiger partial charge < -0.3 is 20.2 Å². The Balaban J connectivity index is 2.24. The lowest BCUT2D eigenvalue weighted by Crippen LogP contribution is -2.25. The van der Waals surface area contributed by atoms with Crippen molar-refractivity contribution >= 4 is 0 Å². The summed E-state index contributed by atoms with van der Waals surface area (Å²) in [4.78, 5) is 0. The van der Waals surface area contributed by atoms with E-state index < -0.39 is 0 Å². The number of rotatable bonds is 6. The van der Waals surface area contributed by atoms with Crippen LogP contribution < -0.4 is 11.1 Å². The molecule has 0 saturated carbocycles. The standard InChI is InChI=1S/C10H18N2O2/c1-8(13-2)6-12-7-10-4-3-9(5-11)14-10/h3-4,8,12H,5-7,11H2,1-2H3. The first-order valence-electron chi connectivity index (χ1n) is 4.77. The van der Waals surface area contributed by atoms with Crippen molar-refractivity contribution in [2.45, 2.75) is 26.1 Å². The van der Waals surface area contributed by atoms with E-state index in [0.717, 1.165) is 18.1 Å². The molecule has 1 rings (SSSR count). The summed E-state index contributed by atoms with van der Waals surface area (Å²) < 4.78 is 10.5. The van der Waals surface area contributed by atoms with E-state index in [-0.39, 0.29) is 6.10 Å². The Morgan fingerprint density at radius 1 is 1.50 bits per heavy atom. The van der Waals surface area contributed by atoms with Crippen molar-refractivity contribution < 1.29 is 9.15 Å². The normalized spacial score (nSPS) is 13.1. The smallest absolute Gasteiger partial charge is 0.118 e. The van der Waals surface area contributed by atoms with Gasteiger partial charge in [-0.15, -0.1) is 0 Å². The van der Waals surface area contributed by atoms with Crippen LogP contribution in [0.25, 0.3) is 0 Å². The molecule has 1 atom stereocenters. The van der Waals surface area contributed by atoms with E-state index >= 15 is 0 Å². The van der Waals surface area contributed by atoms with Crippen molar-refractivity contribution in [3.63, 3.8) is 0 Å². The molecule has 0 bridgehead atoms. The highest BCUT2D eigenvalue weighted by Gasteiger charge is 2.01. The summed E-state index contributed by atoms with van der Waals surface area (Å²) in [7, 11) is 1.70. The molecule has 4 nitrogen and oxygen atoms in total. The van der Waals surface area contributed by atoms with Gasteiger partial charge >= 0.3 is 0 Å². The maximum atomic E-state index is 5.43. The highest BCUT2D eigenvalue weighted by molar-refractivity contribution is 5.06. The third kappa shape index (κ3) is 3.49. The van der Waals surface area contributed by atoms with Crippen LogP contribution in [0.1, 0.15) is 18.4 Å². The van der Waals surface area contributed by atoms with Crippen molar-refractivity contribution in [2.24, 2.45) is 5.73 Å². The molecule has 4 heteroatoms. The Kier molecular flexibility index (Phi) is 4.65. The van der Waals surface area contributed by atoms with Crippen LogP contribution in [0.15, 0.2) is 16.5 Å². The van der Waals surface area contributed by atoms with Crippen LogP contribution in [-0.2, 0) is 17.8 Å². The molecule has 1 heterocycles. The molecular formula is C10H18N2O2. The molecule has 1 aromatic heterocycles. The summed E-state index contributed by atoms with van der Waals surface area (Å²) in [5.41, 5.74) is 5.43. The van der Waals surface area contributed by atoms with Gasteiger partial charge in [-0.3, -0.25) is 0 Å². The van der Waals surface area contributed by atoms with Crippen LogP contribution >= 0.6 is 0 Å². The fourth-order valence-corrected chi connectivity index (χ4v) is 1.11. The second kappa shape index (κ2) is 5.80. The molecule has 0 aliphatic rings. The summed E-state index contributed by atoms with van der Waals surface area (Å²) in [6.07, 6.45) is 0.221. The van der Waals surface area contributed by atoms with Gasteiger partial charge in [-0.2, -0.15) is 0 Å². The number of hydrogen-bond donors (Lipinski definition) is 2. The predicted molar refractivity (Wildman–Crippen MR) is 54.8 cm³/mol. The molecule has 0 aromatic carbocycles. The van der Waals surface area contributed by atoms with E-state index in [1.807, 2.05) is 19.1 Å². The number of ether oxygens (including phenoxy) is 1. The lowest BCUT2D eigenvalue weighted by molar-refractivity contribution is 0.116. The van der Waals surface area contributed by atoms with E-state index in [1.54, 1.807) is 7.11 Å². The quantitative estimate of drug-likeness (QED) is 0.712. The maximum absolute atomic E-state index is 5.43. The monoisotopic (exact) mass is 198 g/mol. The zero-order valence-electron chi connectivity index (χ0n) is 8.75. The van der Waals surface area contributed by atoms with E-state index in [2.05, 4.69) is 5.32 Å². The highest BCUT2D eigenvalue weighted by atomic mass is 16.5. The third-order valence-electron chi connectivity index (χ3n) is 2.05. The molecule has 14 heavy (non-hydrogen) atoms. The minimum Gasteiger partial charge on any atom is -0.463 e. The molecule has 0 saturated heterocycles. The summed E-state index contributed by atoms with van der Waals surface area (Å²) in [6, 6.07) is 3.84. The number of nitrogens with two attached hydrogens (primary N) is 1. The van der Waals surface area contributed by atoms with E-state index in [9.17, 15) is 0 Å². The summed E-state index contributed by atoms with van der Waals surface area (Å²) in [5, 5.41) is 3.23. The van der Waals surface area contributed by atoms with Gasteiger partial charge in [-0.05, 0) is 19.1 Å². The predicted octanol–water partition coefficient (Wildman–Crippen LogP) is 0.863. The van der Waals surface area contributed by atoms with Crippen LogP contribution in [0.2, 0.25) is 0 Å². The zero-order chi connectivity index (χ0) is 10.4. The van der Waals surface area contributed by atoms with E-state index in [1.165, 1.54) is 0 Å². The van der Waals surface area contributed by atoms with Crippen molar-refractivity contribution in [3.05, 3.63) is 23.7 Å². The van der Waals surface area contributed by atoms with Crippen LogP contribution in [0, 0.1) is 0 Å². The highest BCUT2D eigenvalue weighted by Crippen LogP contribution is 2.06. The summed E-state index contributed by atoms with van der Waals surface area (Å²) in [6.45, 7) is 4.00. The summed E-state index contributed by atoms with van der Waals surface area (Å²) >= 11 is 0. The molecule has 0 aliphatic heterocycles. The number of hydrogen-bond acceptors (Lipinski definition) is 4. The zero-order valence-corrected chi connectivity index (χ0v) is 8.75. The Labute approximate surface area is 84.4 Å². The van der Waals surface area contributed by atoms with Crippen molar-refractivity contribution in [3.8, 4) is 0 Å². The maximum Gasteiger partial charge on any atom is 0.118 e. The lowest BCUT2D eigenvalue weighted by atomic mass is 10.4. The van der Waals surface area contributed by atoms with Crippen LogP contribution in [0.5, 0.6) is 0 Å². The second-order valence-electron chi connectivity index (χ2n) is 3.25. The topological polar surface area (TPSA) is 60.4 Å². The SMILES string of the molecule is COC(C)CNCc1ccc(CN)o1. The first-order valence-corrected chi connectivity index (χ1v) is 4.77. The van der Waals surface area contributed by atoms with Gasteiger partial charge in [0.1, 0.15) is 11.5 Å². The Hall–Kier alpha value is -0.840. The Morgan fingerprint density at radius 2 is 2.21 bits per heavy atom. The fraction of sp³-hybridized carbons (Fsp3) is 0.600. The lowest BCUT2D eigenvalue weighted by Gasteiger charge is -2.09. The largest absolute Gasteiger partial charge is 0.463 e. The van der Waals surface area contributed by atoms with Gasteiger partial charge in [-0.1, -0.05) is 0 Å². The van der Waals surface area contributed by atoms with Crippen LogP contribution in [0.3, 0.4) is 0 Å². The molecule has 3 N–H and O–H groups in total. The molecule has 80 valence electrons. The number of methoxy groups -OCH3 is 1. The minimum absolute atomic E-state index is 0.221. The first-order chi connectivity index (χ1) is 6.76. The number of furan rings is 1. The average Bonchev–Trinajstić information content (AvgIpc) is 2.65. The van der Waals surface area contributed by atoms with Gasteiger partial charge in [0.2, 0.25) is 0 Å². The van der Waals surface area contributed by atoms with Gasteiger partial charge in [0.25, 0.3) is 0 Å². The second-order valence-corrected chi connectivity index (χ2v) is 3.25. The Bertz CT molecular complexity index is 260. The van der Waals surface area contributed by atoms with Gasteiger partial charge in [0.05, 0.1) is 19.2 Å². The molecule has 0 spiro atoms. The molecule has 0 aliphatic carbocycles. The van der Waals surface area contributed by atoms with Gasteiger partial charge in [-0.25, -0.2) is 0 Å². The van der Waals surface area contributed by atoms with Gasteiger partial charge in [0.15, 0.2) is 0 Å². The molecular weight excluding hydrogens is 180 g/mol. The third-order valence-corrected chi connectivity index (χ3v) is 2.05. The Morgan fingerprint density at radius 3 is 2.79 bits per heavy atom. The van der Waals surface area contributed by atoms with Crippen molar-refractivity contribution in [1.82, 2.24) is 5.32 Å². The fourth-order valence-electron chi connectivity index (χ4n) is 1.11. The molecule has 0 fully saturated rings. The summed E-state index contributed by atoms with van der Waals surface area (Å²) in [5.74, 6) is 1.73. The first kappa shape index (κ1) is 11.2. The van der Waals surface area contributed by atoms with Crippen LogP contribution in [0.4, 0.5) is 0 Å². The van der Waals surface area contributed by atoms with E-state index in [4.69, 9.17) is 14.9 Å². The van der Waals surface area contributed by atoms with Crippen molar-refractivity contribution in [1.29, 1.82) is 0 Å². The van der Waals surface area contributed by atoms with Crippen LogP contribution in [-0.4, -0.2) is 19.8 Å². The van der Waals surface area contributed by atoms with Gasteiger partial charge in [0, 0.05) is 13.7 Å². The molecule has 0 amide bonds. The minimum atomic E-state index is 0.221. The van der Waals surface area contributed by atoms with E-state index in [0.29, 0.717) is 13.1 Å².